The van der Waals surface area contributed by atoms with Crippen molar-refractivity contribution in [3.8, 4) is 0 Å². The molecule has 0 saturated carbocycles. The van der Waals surface area contributed by atoms with Gasteiger partial charge in [-0.3, -0.25) is 9.78 Å². The van der Waals surface area contributed by atoms with Gasteiger partial charge in [-0.2, -0.15) is 0 Å². The average Bonchev–Trinajstić information content (AvgIpc) is 2.74. The molecule has 2 heterocycles. The predicted octanol–water partition coefficient (Wildman–Crippen LogP) is 4.01. The second-order valence-corrected chi connectivity index (χ2v) is 7.34. The number of pyridine rings is 1. The molecule has 0 radical (unpaired) electrons. The Bertz CT molecular complexity index is 1030. The number of halogens is 1. The standard InChI is InChI=1S/C23H24FN3O2/c1-15(17-3-6-20(7-4-17)27-9-11-29-12-10-27)26-23(28)21-14-18-13-19(24)5-8-22(18)25-16(21)2/h3-8,13-15H,9-12H2,1-2H3,(H,26,28)/t15-/m1/s1. The first-order valence-electron chi connectivity index (χ1n) is 9.82. The number of carbonyl (C=O) groups is 1. The fraction of sp³-hybridized carbons (Fsp3) is 0.304. The number of rotatable bonds is 4. The van der Waals surface area contributed by atoms with Crippen molar-refractivity contribution in [2.24, 2.45) is 0 Å². The minimum Gasteiger partial charge on any atom is -0.378 e. The van der Waals surface area contributed by atoms with Crippen molar-refractivity contribution < 1.29 is 13.9 Å². The molecule has 1 aliphatic heterocycles. The second-order valence-electron chi connectivity index (χ2n) is 7.34. The SMILES string of the molecule is Cc1nc2ccc(F)cc2cc1C(=O)N[C@H](C)c1ccc(N2CCOCC2)cc1. The third-order valence-corrected chi connectivity index (χ3v) is 5.33. The third-order valence-electron chi connectivity index (χ3n) is 5.33. The summed E-state index contributed by atoms with van der Waals surface area (Å²) in [6.45, 7) is 7.01. The predicted molar refractivity (Wildman–Crippen MR) is 112 cm³/mol. The molecule has 1 saturated heterocycles. The van der Waals surface area contributed by atoms with Gasteiger partial charge in [0.1, 0.15) is 5.82 Å². The van der Waals surface area contributed by atoms with Crippen LogP contribution in [0.2, 0.25) is 0 Å². The smallest absolute Gasteiger partial charge is 0.253 e. The summed E-state index contributed by atoms with van der Waals surface area (Å²) in [5.74, 6) is -0.561. The molecule has 3 aromatic rings. The molecule has 1 atom stereocenters. The fourth-order valence-corrected chi connectivity index (χ4v) is 3.63. The van der Waals surface area contributed by atoms with Gasteiger partial charge in [-0.05, 0) is 55.8 Å². The van der Waals surface area contributed by atoms with Crippen LogP contribution in [0.4, 0.5) is 10.1 Å². The van der Waals surface area contributed by atoms with Crippen molar-refractivity contribution >= 4 is 22.5 Å². The van der Waals surface area contributed by atoms with E-state index in [0.29, 0.717) is 22.2 Å². The molecule has 2 aromatic carbocycles. The molecular formula is C23H24FN3O2. The van der Waals surface area contributed by atoms with Crippen LogP contribution in [-0.2, 0) is 4.74 Å². The van der Waals surface area contributed by atoms with E-state index in [1.54, 1.807) is 19.1 Å². The second kappa shape index (κ2) is 8.17. The molecule has 0 bridgehead atoms. The summed E-state index contributed by atoms with van der Waals surface area (Å²) in [6.07, 6.45) is 0. The Hall–Kier alpha value is -2.99. The van der Waals surface area contributed by atoms with Crippen LogP contribution in [0.15, 0.2) is 48.5 Å². The largest absolute Gasteiger partial charge is 0.378 e. The van der Waals surface area contributed by atoms with Crippen LogP contribution >= 0.6 is 0 Å². The fourth-order valence-electron chi connectivity index (χ4n) is 3.63. The average molecular weight is 393 g/mol. The van der Waals surface area contributed by atoms with Gasteiger partial charge >= 0.3 is 0 Å². The maximum Gasteiger partial charge on any atom is 0.253 e. The Labute approximate surface area is 169 Å². The molecule has 0 unspecified atom stereocenters. The first-order valence-corrected chi connectivity index (χ1v) is 9.82. The zero-order chi connectivity index (χ0) is 20.4. The van der Waals surface area contributed by atoms with Crippen LogP contribution in [0.5, 0.6) is 0 Å². The number of hydrogen-bond acceptors (Lipinski definition) is 4. The Kier molecular flexibility index (Phi) is 5.45. The topological polar surface area (TPSA) is 54.5 Å². The number of anilines is 1. The van der Waals surface area contributed by atoms with Gasteiger partial charge in [0.05, 0.1) is 36.0 Å². The van der Waals surface area contributed by atoms with Crippen LogP contribution in [0, 0.1) is 12.7 Å². The summed E-state index contributed by atoms with van der Waals surface area (Å²) in [6, 6.07) is 14.2. The lowest BCUT2D eigenvalue weighted by Crippen LogP contribution is -2.36. The number of amides is 1. The zero-order valence-corrected chi connectivity index (χ0v) is 16.6. The lowest BCUT2D eigenvalue weighted by Gasteiger charge is -2.29. The highest BCUT2D eigenvalue weighted by Crippen LogP contribution is 2.22. The van der Waals surface area contributed by atoms with Gasteiger partial charge in [0, 0.05) is 24.2 Å². The maximum absolute atomic E-state index is 13.5. The monoisotopic (exact) mass is 393 g/mol. The number of aromatic nitrogens is 1. The van der Waals surface area contributed by atoms with Crippen molar-refractivity contribution in [3.05, 3.63) is 71.2 Å². The van der Waals surface area contributed by atoms with E-state index >= 15 is 0 Å². The van der Waals surface area contributed by atoms with E-state index in [4.69, 9.17) is 4.74 Å². The van der Waals surface area contributed by atoms with Crippen molar-refractivity contribution in [2.45, 2.75) is 19.9 Å². The van der Waals surface area contributed by atoms with Gasteiger partial charge in [0.15, 0.2) is 0 Å². The zero-order valence-electron chi connectivity index (χ0n) is 16.6. The Balaban J connectivity index is 1.49. The van der Waals surface area contributed by atoms with E-state index in [9.17, 15) is 9.18 Å². The minimum atomic E-state index is -0.344. The molecule has 1 N–H and O–H groups in total. The maximum atomic E-state index is 13.5. The number of carbonyl (C=O) groups excluding carboxylic acids is 1. The lowest BCUT2D eigenvalue weighted by atomic mass is 10.1. The van der Waals surface area contributed by atoms with Gasteiger partial charge in [-0.15, -0.1) is 0 Å². The Morgan fingerprint density at radius 1 is 1.14 bits per heavy atom. The number of nitrogens with zero attached hydrogens (tertiary/aromatic N) is 2. The summed E-state index contributed by atoms with van der Waals surface area (Å²) >= 11 is 0. The van der Waals surface area contributed by atoms with E-state index < -0.39 is 0 Å². The molecule has 5 nitrogen and oxygen atoms in total. The van der Waals surface area contributed by atoms with Gasteiger partial charge in [0.25, 0.3) is 5.91 Å². The third kappa shape index (κ3) is 4.22. The van der Waals surface area contributed by atoms with Gasteiger partial charge in [0.2, 0.25) is 0 Å². The van der Waals surface area contributed by atoms with Gasteiger partial charge in [-0.1, -0.05) is 12.1 Å². The van der Waals surface area contributed by atoms with Crippen LogP contribution in [-0.4, -0.2) is 37.2 Å². The number of aryl methyl sites for hydroxylation is 1. The Morgan fingerprint density at radius 2 is 1.86 bits per heavy atom. The molecule has 1 fully saturated rings. The van der Waals surface area contributed by atoms with Crippen LogP contribution in [0.25, 0.3) is 10.9 Å². The molecule has 1 aromatic heterocycles. The number of benzene rings is 2. The summed E-state index contributed by atoms with van der Waals surface area (Å²) in [7, 11) is 0. The van der Waals surface area contributed by atoms with E-state index in [-0.39, 0.29) is 17.8 Å². The summed E-state index contributed by atoms with van der Waals surface area (Å²) in [4.78, 5) is 19.6. The van der Waals surface area contributed by atoms with Crippen LogP contribution in [0.3, 0.4) is 0 Å². The van der Waals surface area contributed by atoms with E-state index in [0.717, 1.165) is 37.6 Å². The number of fused-ring (bicyclic) bond motifs is 1. The van der Waals surface area contributed by atoms with Crippen molar-refractivity contribution in [2.75, 3.05) is 31.2 Å². The number of morpholine rings is 1. The summed E-state index contributed by atoms with van der Waals surface area (Å²) in [5, 5.41) is 3.64. The minimum absolute atomic E-state index is 0.163. The number of nitrogens with one attached hydrogen (secondary N) is 1. The molecule has 150 valence electrons. The van der Waals surface area contributed by atoms with E-state index in [1.807, 2.05) is 19.1 Å². The number of hydrogen-bond donors (Lipinski definition) is 1. The molecule has 0 spiro atoms. The van der Waals surface area contributed by atoms with E-state index in [1.165, 1.54) is 12.1 Å². The van der Waals surface area contributed by atoms with Gasteiger partial charge < -0.3 is 15.0 Å². The highest BCUT2D eigenvalue weighted by Gasteiger charge is 2.16. The lowest BCUT2D eigenvalue weighted by molar-refractivity contribution is 0.0939. The summed E-state index contributed by atoms with van der Waals surface area (Å²) < 4.78 is 18.9. The molecule has 29 heavy (non-hydrogen) atoms. The van der Waals surface area contributed by atoms with Crippen molar-refractivity contribution in [1.29, 1.82) is 0 Å². The van der Waals surface area contributed by atoms with Crippen molar-refractivity contribution in [1.82, 2.24) is 10.3 Å². The molecule has 0 aliphatic carbocycles. The molecule has 4 rings (SSSR count). The van der Waals surface area contributed by atoms with Crippen molar-refractivity contribution in [3.63, 3.8) is 0 Å². The quantitative estimate of drug-likeness (QED) is 0.728. The highest BCUT2D eigenvalue weighted by molar-refractivity contribution is 5.98. The molecule has 1 amide bonds. The van der Waals surface area contributed by atoms with Crippen LogP contribution in [0.1, 0.15) is 34.6 Å². The highest BCUT2D eigenvalue weighted by atomic mass is 19.1. The van der Waals surface area contributed by atoms with E-state index in [2.05, 4.69) is 27.3 Å². The summed E-state index contributed by atoms with van der Waals surface area (Å²) in [5.41, 5.74) is 3.93. The van der Waals surface area contributed by atoms with Gasteiger partial charge in [-0.25, -0.2) is 4.39 Å². The normalized spacial score (nSPS) is 15.3. The number of ether oxygens (including phenoxy) is 1. The Morgan fingerprint density at radius 3 is 2.59 bits per heavy atom. The first kappa shape index (κ1) is 19.3. The van der Waals surface area contributed by atoms with Crippen LogP contribution < -0.4 is 10.2 Å². The molecule has 6 heteroatoms. The first-order chi connectivity index (χ1) is 14.0. The molecule has 1 aliphatic rings. The molecular weight excluding hydrogens is 369 g/mol.